The van der Waals surface area contributed by atoms with Crippen molar-refractivity contribution in [3.8, 4) is 17.1 Å². The van der Waals surface area contributed by atoms with E-state index in [-0.39, 0.29) is 17.3 Å². The maximum absolute atomic E-state index is 12.2. The molecule has 0 aliphatic rings. The first-order valence-corrected chi connectivity index (χ1v) is 8.99. The molecular formula is C17H17N3O4S. The van der Waals surface area contributed by atoms with Crippen molar-refractivity contribution in [2.24, 2.45) is 0 Å². The Morgan fingerprint density at radius 3 is 2.40 bits per heavy atom. The molecule has 1 heterocycles. The van der Waals surface area contributed by atoms with Crippen molar-refractivity contribution in [2.45, 2.75) is 18.4 Å². The van der Waals surface area contributed by atoms with Crippen molar-refractivity contribution in [2.75, 3.05) is 7.11 Å². The number of benzene rings is 2. The van der Waals surface area contributed by atoms with Crippen LogP contribution in [-0.2, 0) is 16.6 Å². The number of nitrogens with zero attached hydrogens (tertiary/aromatic N) is 2. The number of rotatable bonds is 6. The van der Waals surface area contributed by atoms with Gasteiger partial charge in [0.2, 0.25) is 21.7 Å². The van der Waals surface area contributed by atoms with E-state index in [1.54, 1.807) is 55.6 Å². The smallest absolute Gasteiger partial charge is 0.242 e. The van der Waals surface area contributed by atoms with Crippen molar-refractivity contribution >= 4 is 10.0 Å². The minimum atomic E-state index is -3.63. The van der Waals surface area contributed by atoms with Gasteiger partial charge in [0.1, 0.15) is 5.75 Å². The molecule has 130 valence electrons. The molecule has 0 aliphatic carbocycles. The summed E-state index contributed by atoms with van der Waals surface area (Å²) in [7, 11) is -2.05. The van der Waals surface area contributed by atoms with Gasteiger partial charge < -0.3 is 9.26 Å². The molecule has 8 heteroatoms. The Bertz CT molecular complexity index is 948. The second-order valence-electron chi connectivity index (χ2n) is 5.38. The van der Waals surface area contributed by atoms with Crippen LogP contribution in [0.3, 0.4) is 0 Å². The summed E-state index contributed by atoms with van der Waals surface area (Å²) in [6, 6.07) is 13.7. The Balaban J connectivity index is 1.69. The maximum Gasteiger partial charge on any atom is 0.242 e. The minimum absolute atomic E-state index is 0.0840. The van der Waals surface area contributed by atoms with Gasteiger partial charge in [-0.15, -0.1) is 0 Å². The van der Waals surface area contributed by atoms with E-state index in [9.17, 15) is 8.42 Å². The summed E-state index contributed by atoms with van der Waals surface area (Å²) in [5, 5.41) is 3.87. The predicted octanol–water partition coefficient (Wildman–Crippen LogP) is 2.53. The van der Waals surface area contributed by atoms with Gasteiger partial charge in [0.25, 0.3) is 0 Å². The van der Waals surface area contributed by atoms with E-state index in [1.807, 2.05) is 6.92 Å². The molecule has 0 saturated carbocycles. The topological polar surface area (TPSA) is 94.3 Å². The van der Waals surface area contributed by atoms with E-state index in [2.05, 4.69) is 14.9 Å². The molecule has 0 saturated heterocycles. The van der Waals surface area contributed by atoms with Crippen molar-refractivity contribution in [1.29, 1.82) is 0 Å². The highest BCUT2D eigenvalue weighted by Crippen LogP contribution is 2.20. The zero-order valence-electron chi connectivity index (χ0n) is 13.8. The number of ether oxygens (including phenoxy) is 1. The average Bonchev–Trinajstić information content (AvgIpc) is 3.10. The lowest BCUT2D eigenvalue weighted by Gasteiger charge is -2.04. The number of sulfonamides is 1. The second-order valence-corrected chi connectivity index (χ2v) is 7.14. The van der Waals surface area contributed by atoms with Crippen LogP contribution in [0.15, 0.2) is 57.9 Å². The highest BCUT2D eigenvalue weighted by atomic mass is 32.2. The SMILES string of the molecule is COc1ccc(-c2noc(CNS(=O)(=O)c3ccc(C)cc3)n2)cc1. The molecule has 3 aromatic rings. The van der Waals surface area contributed by atoms with Gasteiger partial charge in [-0.1, -0.05) is 22.9 Å². The summed E-state index contributed by atoms with van der Waals surface area (Å²) in [5.41, 5.74) is 1.73. The van der Waals surface area contributed by atoms with E-state index >= 15 is 0 Å². The molecule has 0 aliphatic heterocycles. The fraction of sp³-hybridized carbons (Fsp3) is 0.176. The molecule has 1 N–H and O–H groups in total. The normalized spacial score (nSPS) is 11.4. The summed E-state index contributed by atoms with van der Waals surface area (Å²) in [4.78, 5) is 4.39. The van der Waals surface area contributed by atoms with Crippen molar-refractivity contribution in [3.05, 3.63) is 60.0 Å². The molecule has 7 nitrogen and oxygen atoms in total. The zero-order chi connectivity index (χ0) is 17.9. The van der Waals surface area contributed by atoms with Crippen LogP contribution in [0.2, 0.25) is 0 Å². The van der Waals surface area contributed by atoms with Gasteiger partial charge in [-0.05, 0) is 43.3 Å². The van der Waals surface area contributed by atoms with Crippen molar-refractivity contribution in [1.82, 2.24) is 14.9 Å². The Labute approximate surface area is 145 Å². The van der Waals surface area contributed by atoms with Gasteiger partial charge in [0.15, 0.2) is 0 Å². The highest BCUT2D eigenvalue weighted by Gasteiger charge is 2.16. The van der Waals surface area contributed by atoms with E-state index < -0.39 is 10.0 Å². The number of aryl methyl sites for hydroxylation is 1. The summed E-state index contributed by atoms with van der Waals surface area (Å²) < 4.78 is 37.2. The Hall–Kier alpha value is -2.71. The third-order valence-corrected chi connectivity index (χ3v) is 4.98. The summed E-state index contributed by atoms with van der Waals surface area (Å²) >= 11 is 0. The molecule has 0 atom stereocenters. The van der Waals surface area contributed by atoms with Crippen LogP contribution in [0.5, 0.6) is 5.75 Å². The van der Waals surface area contributed by atoms with Crippen LogP contribution in [0.25, 0.3) is 11.4 Å². The molecule has 3 rings (SSSR count). The van der Waals surface area contributed by atoms with E-state index in [1.165, 1.54) is 0 Å². The molecule has 0 spiro atoms. The fourth-order valence-electron chi connectivity index (χ4n) is 2.14. The van der Waals surface area contributed by atoms with Crippen LogP contribution in [0.4, 0.5) is 0 Å². The standard InChI is InChI=1S/C17H17N3O4S/c1-12-3-9-15(10-4-12)25(21,22)18-11-16-19-17(20-24-16)13-5-7-14(23-2)8-6-13/h3-10,18H,11H2,1-2H3. The van der Waals surface area contributed by atoms with Crippen LogP contribution in [-0.4, -0.2) is 25.7 Å². The molecular weight excluding hydrogens is 342 g/mol. The second kappa shape index (κ2) is 7.04. The Morgan fingerprint density at radius 1 is 1.08 bits per heavy atom. The monoisotopic (exact) mass is 359 g/mol. The third kappa shape index (κ3) is 4.04. The summed E-state index contributed by atoms with van der Waals surface area (Å²) in [6.07, 6.45) is 0. The fourth-order valence-corrected chi connectivity index (χ4v) is 3.12. The third-order valence-electron chi connectivity index (χ3n) is 3.56. The van der Waals surface area contributed by atoms with Gasteiger partial charge in [0, 0.05) is 5.56 Å². The molecule has 1 aromatic heterocycles. The minimum Gasteiger partial charge on any atom is -0.497 e. The molecule has 0 fully saturated rings. The number of hydrogen-bond acceptors (Lipinski definition) is 6. The summed E-state index contributed by atoms with van der Waals surface area (Å²) in [5.74, 6) is 1.28. The Morgan fingerprint density at radius 2 is 1.76 bits per heavy atom. The van der Waals surface area contributed by atoms with Gasteiger partial charge in [-0.2, -0.15) is 4.98 Å². The predicted molar refractivity (Wildman–Crippen MR) is 91.5 cm³/mol. The lowest BCUT2D eigenvalue weighted by Crippen LogP contribution is -2.23. The Kier molecular flexibility index (Phi) is 4.82. The lowest BCUT2D eigenvalue weighted by atomic mass is 10.2. The quantitative estimate of drug-likeness (QED) is 0.727. The first-order chi connectivity index (χ1) is 12.0. The number of nitrogens with one attached hydrogen (secondary N) is 1. The van der Waals surface area contributed by atoms with Crippen molar-refractivity contribution < 1.29 is 17.7 Å². The lowest BCUT2D eigenvalue weighted by molar-refractivity contribution is 0.376. The van der Waals surface area contributed by atoms with E-state index in [0.717, 1.165) is 16.9 Å². The molecule has 0 bridgehead atoms. The van der Waals surface area contributed by atoms with Crippen LogP contribution in [0.1, 0.15) is 11.5 Å². The van der Waals surface area contributed by atoms with Gasteiger partial charge >= 0.3 is 0 Å². The average molecular weight is 359 g/mol. The number of hydrogen-bond donors (Lipinski definition) is 1. The maximum atomic E-state index is 12.2. The zero-order valence-corrected chi connectivity index (χ0v) is 14.6. The highest BCUT2D eigenvalue weighted by molar-refractivity contribution is 7.89. The molecule has 25 heavy (non-hydrogen) atoms. The van der Waals surface area contributed by atoms with Crippen LogP contribution in [0, 0.1) is 6.92 Å². The van der Waals surface area contributed by atoms with E-state index in [4.69, 9.17) is 9.26 Å². The van der Waals surface area contributed by atoms with Gasteiger partial charge in [-0.3, -0.25) is 0 Å². The molecule has 0 radical (unpaired) electrons. The van der Waals surface area contributed by atoms with Crippen molar-refractivity contribution in [3.63, 3.8) is 0 Å². The van der Waals surface area contributed by atoms with E-state index in [0.29, 0.717) is 5.82 Å². The number of aromatic nitrogens is 2. The van der Waals surface area contributed by atoms with Crippen LogP contribution >= 0.6 is 0 Å². The first kappa shape index (κ1) is 17.1. The largest absolute Gasteiger partial charge is 0.497 e. The first-order valence-electron chi connectivity index (χ1n) is 7.51. The van der Waals surface area contributed by atoms with Gasteiger partial charge in [0.05, 0.1) is 18.6 Å². The molecule has 0 amide bonds. The molecule has 2 aromatic carbocycles. The molecule has 0 unspecified atom stereocenters. The van der Waals surface area contributed by atoms with Gasteiger partial charge in [-0.25, -0.2) is 13.1 Å². The number of methoxy groups -OCH3 is 1. The van der Waals surface area contributed by atoms with Crippen LogP contribution < -0.4 is 9.46 Å². The summed E-state index contributed by atoms with van der Waals surface area (Å²) in [6.45, 7) is 1.81.